The van der Waals surface area contributed by atoms with E-state index in [1.807, 2.05) is 6.92 Å². The van der Waals surface area contributed by atoms with Gasteiger partial charge in [0.15, 0.2) is 0 Å². The maximum absolute atomic E-state index is 11.3. The number of rotatable bonds is 9. The van der Waals surface area contributed by atoms with E-state index in [9.17, 15) is 14.4 Å². The molecule has 2 rings (SSSR count). The van der Waals surface area contributed by atoms with Crippen LogP contribution in [0.4, 0.5) is 11.8 Å². The third-order valence-electron chi connectivity index (χ3n) is 4.15. The minimum absolute atomic E-state index is 0.206. The number of methoxy groups -OCH3 is 1. The first-order valence-corrected chi connectivity index (χ1v) is 10.6. The first-order valence-electron chi connectivity index (χ1n) is 8.80. The van der Waals surface area contributed by atoms with Gasteiger partial charge in [-0.25, -0.2) is 4.98 Å². The van der Waals surface area contributed by atoms with Crippen LogP contribution in [-0.4, -0.2) is 33.4 Å². The summed E-state index contributed by atoms with van der Waals surface area (Å²) in [4.78, 5) is 27.1. The average molecular weight is 394 g/mol. The number of ether oxygens (including phenoxy) is 1. The van der Waals surface area contributed by atoms with E-state index in [0.29, 0.717) is 23.6 Å². The standard InChI is InChI=1S/C18H27N4O4P/c1-4-5-8-20-17-15(12(2)21-18(19)22-17)10-14-9-13(11-27(23,24)25)6-7-16(14)26-3/h6-7,9H,4-5,8,10-11H2,1-3H3,(H2,23,24,25)(H3,19,20,21,22). The van der Waals surface area contributed by atoms with Gasteiger partial charge in [-0.15, -0.1) is 0 Å². The molecule has 0 saturated carbocycles. The molecule has 8 nitrogen and oxygen atoms in total. The van der Waals surface area contributed by atoms with Crippen molar-refractivity contribution in [2.75, 3.05) is 24.7 Å². The van der Waals surface area contributed by atoms with Gasteiger partial charge in [-0.1, -0.05) is 25.5 Å². The summed E-state index contributed by atoms with van der Waals surface area (Å²) < 4.78 is 16.8. The van der Waals surface area contributed by atoms with Crippen LogP contribution in [0.2, 0.25) is 0 Å². The van der Waals surface area contributed by atoms with E-state index in [1.54, 1.807) is 25.3 Å². The minimum atomic E-state index is -4.15. The molecule has 1 heterocycles. The largest absolute Gasteiger partial charge is 0.496 e. The van der Waals surface area contributed by atoms with Crippen LogP contribution in [0, 0.1) is 6.92 Å². The molecule has 1 aromatic heterocycles. The van der Waals surface area contributed by atoms with Gasteiger partial charge in [-0.05, 0) is 30.5 Å². The van der Waals surface area contributed by atoms with Crippen molar-refractivity contribution in [2.24, 2.45) is 0 Å². The Kier molecular flexibility index (Phi) is 7.18. The van der Waals surface area contributed by atoms with E-state index in [1.165, 1.54) is 0 Å². The zero-order valence-corrected chi connectivity index (χ0v) is 16.8. The Bertz CT molecular complexity index is 838. The van der Waals surface area contributed by atoms with Gasteiger partial charge in [-0.2, -0.15) is 4.98 Å². The molecule has 0 amide bonds. The van der Waals surface area contributed by atoms with E-state index in [0.717, 1.165) is 36.2 Å². The van der Waals surface area contributed by atoms with Crippen molar-refractivity contribution >= 4 is 19.4 Å². The summed E-state index contributed by atoms with van der Waals surface area (Å²) in [6, 6.07) is 5.13. The third-order valence-corrected chi connectivity index (χ3v) is 4.93. The molecule has 27 heavy (non-hydrogen) atoms. The van der Waals surface area contributed by atoms with Crippen molar-refractivity contribution in [3.8, 4) is 5.75 Å². The fraction of sp³-hybridized carbons (Fsp3) is 0.444. The number of anilines is 2. The summed E-state index contributed by atoms with van der Waals surface area (Å²) in [5.74, 6) is 1.52. The lowest BCUT2D eigenvalue weighted by Gasteiger charge is -2.16. The van der Waals surface area contributed by atoms with Crippen molar-refractivity contribution in [1.29, 1.82) is 0 Å². The van der Waals surface area contributed by atoms with Crippen molar-refractivity contribution in [3.63, 3.8) is 0 Å². The fourth-order valence-electron chi connectivity index (χ4n) is 2.86. The van der Waals surface area contributed by atoms with Gasteiger partial charge < -0.3 is 25.6 Å². The number of benzene rings is 1. The van der Waals surface area contributed by atoms with Gasteiger partial charge in [0.1, 0.15) is 11.6 Å². The summed E-state index contributed by atoms with van der Waals surface area (Å²) in [5, 5.41) is 3.31. The van der Waals surface area contributed by atoms with Crippen LogP contribution in [0.5, 0.6) is 5.75 Å². The monoisotopic (exact) mass is 394 g/mol. The molecule has 0 aliphatic rings. The Hall–Kier alpha value is -2.15. The zero-order chi connectivity index (χ0) is 20.0. The Morgan fingerprint density at radius 2 is 2.04 bits per heavy atom. The predicted octanol–water partition coefficient (Wildman–Crippen LogP) is 2.86. The summed E-state index contributed by atoms with van der Waals surface area (Å²) in [6.07, 6.45) is 2.20. The first-order chi connectivity index (χ1) is 12.7. The number of aromatic nitrogens is 2. The van der Waals surface area contributed by atoms with Gasteiger partial charge in [0.05, 0.1) is 13.3 Å². The third kappa shape index (κ3) is 6.20. The number of unbranched alkanes of at least 4 members (excludes halogenated alkanes) is 1. The molecule has 5 N–H and O–H groups in total. The highest BCUT2D eigenvalue weighted by atomic mass is 31.2. The van der Waals surface area contributed by atoms with Crippen LogP contribution in [-0.2, 0) is 17.1 Å². The predicted molar refractivity (Wildman–Crippen MR) is 106 cm³/mol. The maximum atomic E-state index is 11.3. The molecule has 0 atom stereocenters. The van der Waals surface area contributed by atoms with Crippen molar-refractivity contribution in [2.45, 2.75) is 39.3 Å². The topological polar surface area (TPSA) is 131 Å². The molecule has 1 aromatic carbocycles. The number of nitrogens with one attached hydrogen (secondary N) is 1. The van der Waals surface area contributed by atoms with Crippen LogP contribution in [0.25, 0.3) is 0 Å². The van der Waals surface area contributed by atoms with E-state index < -0.39 is 7.60 Å². The fourth-order valence-corrected chi connectivity index (χ4v) is 3.53. The summed E-state index contributed by atoms with van der Waals surface area (Å²) in [6.45, 7) is 4.75. The highest BCUT2D eigenvalue weighted by Gasteiger charge is 2.18. The van der Waals surface area contributed by atoms with E-state index >= 15 is 0 Å². The Labute approximate surface area is 159 Å². The molecule has 0 radical (unpaired) electrons. The van der Waals surface area contributed by atoms with Crippen LogP contribution in [0.3, 0.4) is 0 Å². The molecule has 148 valence electrons. The van der Waals surface area contributed by atoms with E-state index in [2.05, 4.69) is 22.2 Å². The molecule has 0 saturated heterocycles. The van der Waals surface area contributed by atoms with Crippen LogP contribution >= 0.6 is 7.60 Å². The van der Waals surface area contributed by atoms with Gasteiger partial charge >= 0.3 is 7.60 Å². The zero-order valence-electron chi connectivity index (χ0n) is 15.9. The lowest BCUT2D eigenvalue weighted by molar-refractivity contribution is 0.371. The molecule has 0 fully saturated rings. The maximum Gasteiger partial charge on any atom is 0.329 e. The molecular weight excluding hydrogens is 367 g/mol. The number of hydrogen-bond donors (Lipinski definition) is 4. The second-order valence-corrected chi connectivity index (χ2v) is 8.07. The molecule has 0 spiro atoms. The molecule has 0 unspecified atom stereocenters. The van der Waals surface area contributed by atoms with Crippen molar-refractivity contribution < 1.29 is 19.1 Å². The highest BCUT2D eigenvalue weighted by molar-refractivity contribution is 7.50. The smallest absolute Gasteiger partial charge is 0.329 e. The molecule has 0 aliphatic carbocycles. The van der Waals surface area contributed by atoms with Crippen LogP contribution < -0.4 is 15.8 Å². The van der Waals surface area contributed by atoms with Crippen molar-refractivity contribution in [1.82, 2.24) is 9.97 Å². The van der Waals surface area contributed by atoms with E-state index in [4.69, 9.17) is 10.5 Å². The van der Waals surface area contributed by atoms with Crippen LogP contribution in [0.1, 0.15) is 42.1 Å². The lowest BCUT2D eigenvalue weighted by atomic mass is 10.0. The Morgan fingerprint density at radius 3 is 2.67 bits per heavy atom. The van der Waals surface area contributed by atoms with Gasteiger partial charge in [-0.3, -0.25) is 4.57 Å². The van der Waals surface area contributed by atoms with E-state index in [-0.39, 0.29) is 12.1 Å². The van der Waals surface area contributed by atoms with Gasteiger partial charge in [0, 0.05) is 24.2 Å². The quantitative estimate of drug-likeness (QED) is 0.377. The normalized spacial score (nSPS) is 11.4. The second kappa shape index (κ2) is 9.17. The summed E-state index contributed by atoms with van der Waals surface area (Å²) in [7, 11) is -2.59. The number of hydrogen-bond acceptors (Lipinski definition) is 6. The Balaban J connectivity index is 2.40. The first kappa shape index (κ1) is 21.2. The van der Waals surface area contributed by atoms with Crippen LogP contribution in [0.15, 0.2) is 18.2 Å². The summed E-state index contributed by atoms with van der Waals surface area (Å²) in [5.41, 5.74) is 8.79. The number of nitrogens with two attached hydrogens (primary N) is 1. The average Bonchev–Trinajstić information content (AvgIpc) is 2.57. The minimum Gasteiger partial charge on any atom is -0.496 e. The highest BCUT2D eigenvalue weighted by Crippen LogP contribution is 2.40. The molecular formula is C18H27N4O4P. The van der Waals surface area contributed by atoms with Gasteiger partial charge in [0.25, 0.3) is 0 Å². The number of nitrogens with zero attached hydrogens (tertiary/aromatic N) is 2. The summed E-state index contributed by atoms with van der Waals surface area (Å²) >= 11 is 0. The number of aryl methyl sites for hydroxylation is 1. The number of nitrogen functional groups attached to an aromatic ring is 1. The van der Waals surface area contributed by atoms with Gasteiger partial charge in [0.2, 0.25) is 5.95 Å². The second-order valence-electron chi connectivity index (χ2n) is 6.42. The molecule has 9 heteroatoms. The molecule has 0 bridgehead atoms. The molecule has 2 aromatic rings. The Morgan fingerprint density at radius 1 is 1.30 bits per heavy atom. The SMILES string of the molecule is CCCCNc1nc(N)nc(C)c1Cc1cc(CP(=O)(O)O)ccc1OC. The van der Waals surface area contributed by atoms with Crippen molar-refractivity contribution in [3.05, 3.63) is 40.6 Å². The molecule has 0 aliphatic heterocycles. The lowest BCUT2D eigenvalue weighted by Crippen LogP contribution is -2.11.